The van der Waals surface area contributed by atoms with Crippen LogP contribution in [0.4, 0.5) is 5.69 Å². The Kier molecular flexibility index (Phi) is 5.15. The molecule has 0 spiro atoms. The van der Waals surface area contributed by atoms with Gasteiger partial charge in [-0.05, 0) is 47.9 Å². The largest absolute Gasteiger partial charge is 0.508 e. The zero-order valence-corrected chi connectivity index (χ0v) is 12.9. The van der Waals surface area contributed by atoms with E-state index in [1.807, 2.05) is 24.3 Å². The second kappa shape index (κ2) is 7.07. The number of nitrogens with zero attached hydrogens (tertiary/aromatic N) is 1. The van der Waals surface area contributed by atoms with Gasteiger partial charge in [0.15, 0.2) is 0 Å². The Morgan fingerprint density at radius 3 is 1.68 bits per heavy atom. The molecule has 0 unspecified atom stereocenters. The highest BCUT2D eigenvalue weighted by atomic mass is 16.6. The average molecular weight is 299 g/mol. The molecule has 4 heteroatoms. The van der Waals surface area contributed by atoms with Crippen molar-refractivity contribution in [2.45, 2.75) is 38.5 Å². The molecule has 0 aliphatic heterocycles. The Morgan fingerprint density at radius 1 is 0.909 bits per heavy atom. The molecule has 0 aliphatic carbocycles. The lowest BCUT2D eigenvalue weighted by atomic mass is 9.78. The summed E-state index contributed by atoms with van der Waals surface area (Å²) in [6.07, 6.45) is 1.93. The molecule has 4 nitrogen and oxygen atoms in total. The number of nitro groups is 1. The number of rotatable bonds is 6. The van der Waals surface area contributed by atoms with Crippen molar-refractivity contribution in [3.05, 3.63) is 69.8 Å². The number of hydrogen-bond acceptors (Lipinski definition) is 3. The van der Waals surface area contributed by atoms with E-state index in [-0.39, 0.29) is 16.4 Å². The van der Waals surface area contributed by atoms with Gasteiger partial charge >= 0.3 is 0 Å². The molecule has 0 bridgehead atoms. The summed E-state index contributed by atoms with van der Waals surface area (Å²) in [6.45, 7) is 4.28. The number of benzene rings is 2. The van der Waals surface area contributed by atoms with Crippen LogP contribution in [-0.2, 0) is 0 Å². The minimum Gasteiger partial charge on any atom is -0.508 e. The van der Waals surface area contributed by atoms with Crippen LogP contribution in [0.1, 0.15) is 49.7 Å². The van der Waals surface area contributed by atoms with E-state index in [9.17, 15) is 15.2 Å². The first-order valence-corrected chi connectivity index (χ1v) is 7.60. The molecule has 0 saturated carbocycles. The van der Waals surface area contributed by atoms with E-state index in [1.54, 1.807) is 24.3 Å². The van der Waals surface area contributed by atoms with Crippen LogP contribution in [-0.4, -0.2) is 10.0 Å². The number of aromatic hydroxyl groups is 1. The monoisotopic (exact) mass is 299 g/mol. The average Bonchev–Trinajstić information content (AvgIpc) is 2.53. The maximum absolute atomic E-state index is 10.8. The summed E-state index contributed by atoms with van der Waals surface area (Å²) in [7, 11) is 0. The van der Waals surface area contributed by atoms with Gasteiger partial charge in [-0.15, -0.1) is 0 Å². The predicted molar refractivity (Wildman–Crippen MR) is 87.3 cm³/mol. The summed E-state index contributed by atoms with van der Waals surface area (Å²) in [4.78, 5) is 10.4. The van der Waals surface area contributed by atoms with Crippen molar-refractivity contribution in [3.63, 3.8) is 0 Å². The summed E-state index contributed by atoms with van der Waals surface area (Å²) >= 11 is 0. The molecule has 22 heavy (non-hydrogen) atoms. The first kappa shape index (κ1) is 16.0. The second-order valence-electron chi connectivity index (χ2n) is 5.47. The van der Waals surface area contributed by atoms with E-state index in [0.29, 0.717) is 11.8 Å². The maximum atomic E-state index is 10.8. The van der Waals surface area contributed by atoms with Gasteiger partial charge in [0.2, 0.25) is 0 Å². The fraction of sp³-hybridized carbons (Fsp3) is 0.333. The first-order valence-electron chi connectivity index (χ1n) is 7.60. The summed E-state index contributed by atoms with van der Waals surface area (Å²) < 4.78 is 0. The minimum atomic E-state index is -0.373. The van der Waals surface area contributed by atoms with Gasteiger partial charge in [0.1, 0.15) is 5.75 Å². The number of nitro benzene ring substituents is 1. The number of phenols is 1. The molecule has 0 aliphatic rings. The SMILES string of the molecule is CC[C@H](c1ccc([N+](=O)[O-])cc1)[C@@H](CC)c1ccc(O)cc1. The number of hydrogen-bond donors (Lipinski definition) is 1. The van der Waals surface area contributed by atoms with Gasteiger partial charge in [0, 0.05) is 12.1 Å². The van der Waals surface area contributed by atoms with Crippen LogP contribution < -0.4 is 0 Å². The quantitative estimate of drug-likeness (QED) is 0.604. The number of phenolic OH excluding ortho intramolecular Hbond substituents is 1. The summed E-state index contributed by atoms with van der Waals surface area (Å²) in [6, 6.07) is 14.2. The Bertz CT molecular complexity index is 620. The molecular formula is C18H21NO3. The molecule has 0 fully saturated rings. The highest BCUT2D eigenvalue weighted by Crippen LogP contribution is 2.38. The molecule has 1 N–H and O–H groups in total. The lowest BCUT2D eigenvalue weighted by molar-refractivity contribution is -0.384. The fourth-order valence-corrected chi connectivity index (χ4v) is 3.07. The standard InChI is InChI=1S/C18H21NO3/c1-3-17(13-5-9-15(10-6-13)19(21)22)18(4-2)14-7-11-16(20)12-8-14/h5-12,17-18,20H,3-4H2,1-2H3/t17-,18+/m1/s1. The molecule has 0 saturated heterocycles. The van der Waals surface area contributed by atoms with Gasteiger partial charge in [0.25, 0.3) is 5.69 Å². The van der Waals surface area contributed by atoms with Crippen LogP contribution in [0.5, 0.6) is 5.75 Å². The summed E-state index contributed by atoms with van der Waals surface area (Å²) in [5.41, 5.74) is 2.43. The molecule has 2 aromatic rings. The topological polar surface area (TPSA) is 63.4 Å². The second-order valence-corrected chi connectivity index (χ2v) is 5.47. The minimum absolute atomic E-state index is 0.122. The van der Waals surface area contributed by atoms with E-state index in [0.717, 1.165) is 18.4 Å². The molecule has 0 heterocycles. The van der Waals surface area contributed by atoms with Gasteiger partial charge in [0.05, 0.1) is 4.92 Å². The van der Waals surface area contributed by atoms with Gasteiger partial charge in [-0.2, -0.15) is 0 Å². The lowest BCUT2D eigenvalue weighted by Gasteiger charge is -2.26. The molecule has 116 valence electrons. The highest BCUT2D eigenvalue weighted by molar-refractivity contribution is 5.37. The van der Waals surface area contributed by atoms with E-state index in [4.69, 9.17) is 0 Å². The number of non-ortho nitro benzene ring substituents is 1. The molecule has 0 aromatic heterocycles. The maximum Gasteiger partial charge on any atom is 0.269 e. The van der Waals surface area contributed by atoms with Crippen molar-refractivity contribution in [2.75, 3.05) is 0 Å². The van der Waals surface area contributed by atoms with Gasteiger partial charge in [-0.25, -0.2) is 0 Å². The normalized spacial score (nSPS) is 13.5. The first-order chi connectivity index (χ1) is 10.6. The third-order valence-electron chi connectivity index (χ3n) is 4.22. The van der Waals surface area contributed by atoms with Gasteiger partial charge < -0.3 is 5.11 Å². The molecular weight excluding hydrogens is 278 g/mol. The van der Waals surface area contributed by atoms with Crippen molar-refractivity contribution in [1.82, 2.24) is 0 Å². The van der Waals surface area contributed by atoms with Crippen LogP contribution in [0.15, 0.2) is 48.5 Å². The van der Waals surface area contributed by atoms with Crippen LogP contribution in [0.3, 0.4) is 0 Å². The van der Waals surface area contributed by atoms with Gasteiger partial charge in [-0.3, -0.25) is 10.1 Å². The van der Waals surface area contributed by atoms with E-state index in [1.165, 1.54) is 5.56 Å². The smallest absolute Gasteiger partial charge is 0.269 e. The molecule has 2 aromatic carbocycles. The van der Waals surface area contributed by atoms with Crippen molar-refractivity contribution in [1.29, 1.82) is 0 Å². The third kappa shape index (κ3) is 3.45. The fourth-order valence-electron chi connectivity index (χ4n) is 3.07. The van der Waals surface area contributed by atoms with Crippen LogP contribution >= 0.6 is 0 Å². The molecule has 0 amide bonds. The van der Waals surface area contributed by atoms with Crippen molar-refractivity contribution in [3.8, 4) is 5.75 Å². The van der Waals surface area contributed by atoms with Crippen LogP contribution in [0, 0.1) is 10.1 Å². The zero-order chi connectivity index (χ0) is 16.1. The zero-order valence-electron chi connectivity index (χ0n) is 12.9. The highest BCUT2D eigenvalue weighted by Gasteiger charge is 2.22. The summed E-state index contributed by atoms with van der Waals surface area (Å²) in [5.74, 6) is 0.893. The Balaban J connectivity index is 2.31. The van der Waals surface area contributed by atoms with E-state index >= 15 is 0 Å². The van der Waals surface area contributed by atoms with E-state index in [2.05, 4.69) is 13.8 Å². The van der Waals surface area contributed by atoms with Crippen molar-refractivity contribution in [2.24, 2.45) is 0 Å². The Hall–Kier alpha value is -2.36. The van der Waals surface area contributed by atoms with E-state index < -0.39 is 0 Å². The van der Waals surface area contributed by atoms with Crippen molar-refractivity contribution >= 4 is 5.69 Å². The summed E-state index contributed by atoms with van der Waals surface area (Å²) in [5, 5.41) is 20.2. The molecule has 2 rings (SSSR count). The lowest BCUT2D eigenvalue weighted by Crippen LogP contribution is -2.10. The Labute approximate surface area is 130 Å². The van der Waals surface area contributed by atoms with Crippen molar-refractivity contribution < 1.29 is 10.0 Å². The third-order valence-corrected chi connectivity index (χ3v) is 4.22. The predicted octanol–water partition coefficient (Wildman–Crippen LogP) is 4.99. The van der Waals surface area contributed by atoms with Gasteiger partial charge in [-0.1, -0.05) is 38.1 Å². The molecule has 0 radical (unpaired) electrons. The Morgan fingerprint density at radius 2 is 1.32 bits per heavy atom. The van der Waals surface area contributed by atoms with Crippen LogP contribution in [0.2, 0.25) is 0 Å². The van der Waals surface area contributed by atoms with Crippen LogP contribution in [0.25, 0.3) is 0 Å². The molecule has 2 atom stereocenters.